The number of hydrogen-bond acceptors (Lipinski definition) is 2. The standard InChI is InChI=1S/C9H4F2INO2/c10-8(11)4-1-2-6(12)7(9(14)15)5(4)3-13/h1-2,8H,(H,14,15). The molecule has 1 N–H and O–H groups in total. The van der Waals surface area contributed by atoms with E-state index in [0.717, 1.165) is 6.07 Å². The molecule has 0 saturated carbocycles. The number of carboxylic acids is 1. The first-order valence-corrected chi connectivity index (χ1v) is 4.80. The van der Waals surface area contributed by atoms with Crippen LogP contribution in [0.25, 0.3) is 0 Å². The summed E-state index contributed by atoms with van der Waals surface area (Å²) in [6.07, 6.45) is -2.85. The maximum atomic E-state index is 12.4. The number of nitriles is 1. The molecule has 0 atom stereocenters. The maximum absolute atomic E-state index is 12.4. The van der Waals surface area contributed by atoms with Gasteiger partial charge in [-0.15, -0.1) is 0 Å². The number of aromatic carboxylic acids is 1. The molecule has 0 aliphatic heterocycles. The maximum Gasteiger partial charge on any atom is 0.338 e. The number of halogens is 3. The molecule has 0 aliphatic carbocycles. The van der Waals surface area contributed by atoms with Gasteiger partial charge in [-0.25, -0.2) is 13.6 Å². The first-order valence-electron chi connectivity index (χ1n) is 3.73. The van der Waals surface area contributed by atoms with E-state index in [0.29, 0.717) is 0 Å². The first-order chi connectivity index (χ1) is 6.99. The smallest absolute Gasteiger partial charge is 0.338 e. The van der Waals surface area contributed by atoms with E-state index in [9.17, 15) is 13.6 Å². The monoisotopic (exact) mass is 323 g/mol. The van der Waals surface area contributed by atoms with Gasteiger partial charge < -0.3 is 5.11 Å². The molecule has 0 heterocycles. The lowest BCUT2D eigenvalue weighted by molar-refractivity contribution is 0.0695. The van der Waals surface area contributed by atoms with Gasteiger partial charge in [0.05, 0.1) is 11.1 Å². The first kappa shape index (κ1) is 11.8. The van der Waals surface area contributed by atoms with Crippen LogP contribution in [0.4, 0.5) is 8.78 Å². The molecule has 0 fully saturated rings. The van der Waals surface area contributed by atoms with Gasteiger partial charge in [0.1, 0.15) is 6.07 Å². The van der Waals surface area contributed by atoms with E-state index in [2.05, 4.69) is 0 Å². The Morgan fingerprint density at radius 1 is 1.53 bits per heavy atom. The number of hydrogen-bond donors (Lipinski definition) is 1. The Balaban J connectivity index is 3.56. The second-order valence-corrected chi connectivity index (χ2v) is 3.77. The summed E-state index contributed by atoms with van der Waals surface area (Å²) in [6.45, 7) is 0. The molecule has 0 radical (unpaired) electrons. The van der Waals surface area contributed by atoms with E-state index >= 15 is 0 Å². The van der Waals surface area contributed by atoms with E-state index in [-0.39, 0.29) is 9.13 Å². The molecule has 0 saturated heterocycles. The van der Waals surface area contributed by atoms with Crippen LogP contribution in [0.15, 0.2) is 12.1 Å². The molecule has 1 aromatic carbocycles. The van der Waals surface area contributed by atoms with Crippen LogP contribution >= 0.6 is 22.6 Å². The van der Waals surface area contributed by atoms with Gasteiger partial charge in [0.25, 0.3) is 6.43 Å². The van der Waals surface area contributed by atoms with Crippen LogP contribution in [0.5, 0.6) is 0 Å². The van der Waals surface area contributed by atoms with Crippen LogP contribution in [0, 0.1) is 14.9 Å². The van der Waals surface area contributed by atoms with Crippen LogP contribution in [0.3, 0.4) is 0 Å². The zero-order chi connectivity index (χ0) is 11.6. The molecule has 0 unspecified atom stereocenters. The van der Waals surface area contributed by atoms with Crippen molar-refractivity contribution in [1.29, 1.82) is 5.26 Å². The summed E-state index contributed by atoms with van der Waals surface area (Å²) in [4.78, 5) is 10.8. The van der Waals surface area contributed by atoms with Crippen molar-refractivity contribution in [3.63, 3.8) is 0 Å². The Bertz CT molecular complexity index is 454. The minimum atomic E-state index is -2.85. The summed E-state index contributed by atoms with van der Waals surface area (Å²) >= 11 is 1.69. The number of alkyl halides is 2. The fourth-order valence-electron chi connectivity index (χ4n) is 1.10. The number of nitrogens with zero attached hydrogens (tertiary/aromatic N) is 1. The minimum absolute atomic E-state index is 0.265. The van der Waals surface area contributed by atoms with E-state index in [1.54, 1.807) is 22.6 Å². The average Bonchev–Trinajstić information content (AvgIpc) is 2.15. The van der Waals surface area contributed by atoms with Crippen molar-refractivity contribution in [2.45, 2.75) is 6.43 Å². The van der Waals surface area contributed by atoms with Crippen LogP contribution in [0.1, 0.15) is 27.9 Å². The van der Waals surface area contributed by atoms with Gasteiger partial charge in [0.2, 0.25) is 0 Å². The second-order valence-electron chi connectivity index (χ2n) is 2.60. The summed E-state index contributed by atoms with van der Waals surface area (Å²) in [7, 11) is 0. The van der Waals surface area contributed by atoms with Crippen molar-refractivity contribution in [2.24, 2.45) is 0 Å². The summed E-state index contributed by atoms with van der Waals surface area (Å²) in [5.74, 6) is -1.38. The van der Waals surface area contributed by atoms with Gasteiger partial charge >= 0.3 is 5.97 Å². The molecule has 0 spiro atoms. The second kappa shape index (κ2) is 4.53. The van der Waals surface area contributed by atoms with Crippen molar-refractivity contribution in [2.75, 3.05) is 0 Å². The fraction of sp³-hybridized carbons (Fsp3) is 0.111. The molecule has 3 nitrogen and oxygen atoms in total. The Morgan fingerprint density at radius 3 is 2.53 bits per heavy atom. The molecule has 78 valence electrons. The number of carboxylic acid groups (broad SMARTS) is 1. The lowest BCUT2D eigenvalue weighted by Gasteiger charge is -2.07. The summed E-state index contributed by atoms with van der Waals surface area (Å²) < 4.78 is 25.2. The van der Waals surface area contributed by atoms with Gasteiger partial charge in [0, 0.05) is 9.13 Å². The van der Waals surface area contributed by atoms with Gasteiger partial charge in [0.15, 0.2) is 0 Å². The highest BCUT2D eigenvalue weighted by molar-refractivity contribution is 14.1. The summed E-state index contributed by atoms with van der Waals surface area (Å²) in [6, 6.07) is 3.83. The number of carbonyl (C=O) groups is 1. The molecule has 15 heavy (non-hydrogen) atoms. The predicted octanol–water partition coefficient (Wildman–Crippen LogP) is 2.80. The zero-order valence-corrected chi connectivity index (χ0v) is 9.33. The molecule has 0 aromatic heterocycles. The zero-order valence-electron chi connectivity index (χ0n) is 7.17. The van der Waals surface area contributed by atoms with Crippen molar-refractivity contribution in [3.8, 4) is 6.07 Å². The molecule has 1 rings (SSSR count). The highest BCUT2D eigenvalue weighted by Crippen LogP contribution is 2.27. The third kappa shape index (κ3) is 2.23. The highest BCUT2D eigenvalue weighted by Gasteiger charge is 2.22. The SMILES string of the molecule is N#Cc1c(C(F)F)ccc(I)c1C(=O)O. The van der Waals surface area contributed by atoms with Crippen LogP contribution in [-0.2, 0) is 0 Å². The Kier molecular flexibility index (Phi) is 3.57. The van der Waals surface area contributed by atoms with E-state index in [1.807, 2.05) is 0 Å². The lowest BCUT2D eigenvalue weighted by Crippen LogP contribution is -2.06. The molecule has 0 amide bonds. The summed E-state index contributed by atoms with van der Waals surface area (Å²) in [5.41, 5.74) is -1.38. The molecule has 0 aliphatic rings. The third-order valence-corrected chi connectivity index (χ3v) is 2.65. The summed E-state index contributed by atoms with van der Waals surface area (Å²) in [5, 5.41) is 17.5. The number of rotatable bonds is 2. The van der Waals surface area contributed by atoms with Crippen molar-refractivity contribution < 1.29 is 18.7 Å². The topological polar surface area (TPSA) is 61.1 Å². The Labute approximate surface area is 97.5 Å². The normalized spacial score (nSPS) is 10.1. The highest BCUT2D eigenvalue weighted by atomic mass is 127. The van der Waals surface area contributed by atoms with E-state index < -0.39 is 23.5 Å². The van der Waals surface area contributed by atoms with Crippen molar-refractivity contribution >= 4 is 28.6 Å². The molecule has 1 aromatic rings. The van der Waals surface area contributed by atoms with Gasteiger partial charge in [-0.2, -0.15) is 5.26 Å². The molecular formula is C9H4F2INO2. The largest absolute Gasteiger partial charge is 0.478 e. The Hall–Kier alpha value is -1.23. The van der Waals surface area contributed by atoms with E-state index in [4.69, 9.17) is 10.4 Å². The number of benzene rings is 1. The van der Waals surface area contributed by atoms with Crippen molar-refractivity contribution in [1.82, 2.24) is 0 Å². The average molecular weight is 323 g/mol. The van der Waals surface area contributed by atoms with Crippen molar-refractivity contribution in [3.05, 3.63) is 32.4 Å². The van der Waals surface area contributed by atoms with Gasteiger partial charge in [-0.05, 0) is 28.7 Å². The molecule has 6 heteroatoms. The van der Waals surface area contributed by atoms with Gasteiger partial charge in [-0.1, -0.05) is 6.07 Å². The third-order valence-electron chi connectivity index (χ3n) is 1.75. The predicted molar refractivity (Wildman–Crippen MR) is 55.8 cm³/mol. The Morgan fingerprint density at radius 2 is 2.13 bits per heavy atom. The lowest BCUT2D eigenvalue weighted by atomic mass is 10.0. The van der Waals surface area contributed by atoms with Crippen LogP contribution in [0.2, 0.25) is 0 Å². The fourth-order valence-corrected chi connectivity index (χ4v) is 1.78. The molecule has 0 bridgehead atoms. The van der Waals surface area contributed by atoms with Crippen LogP contribution in [-0.4, -0.2) is 11.1 Å². The minimum Gasteiger partial charge on any atom is -0.478 e. The van der Waals surface area contributed by atoms with Gasteiger partial charge in [-0.3, -0.25) is 0 Å². The quantitative estimate of drug-likeness (QED) is 0.852. The molecular weight excluding hydrogens is 319 g/mol. The van der Waals surface area contributed by atoms with Crippen LogP contribution < -0.4 is 0 Å². The van der Waals surface area contributed by atoms with E-state index in [1.165, 1.54) is 12.1 Å².